The quantitative estimate of drug-likeness (QED) is 0.616. The molecule has 1 aromatic carbocycles. The van der Waals surface area contributed by atoms with E-state index in [9.17, 15) is 19.5 Å². The Balaban J connectivity index is 2.72. The number of phenolic OH excluding ortho intramolecular Hbond substituents is 1. The molecule has 0 aliphatic heterocycles. The van der Waals surface area contributed by atoms with E-state index in [-0.39, 0.29) is 18.6 Å². The molecule has 8 heteroatoms. The molecule has 0 aliphatic rings. The second kappa shape index (κ2) is 7.13. The summed E-state index contributed by atoms with van der Waals surface area (Å²) in [7, 11) is 1.40. The summed E-state index contributed by atoms with van der Waals surface area (Å²) in [4.78, 5) is 34.5. The molecule has 8 nitrogen and oxygen atoms in total. The molecule has 21 heavy (non-hydrogen) atoms. The molecule has 0 fully saturated rings. The first-order valence-electron chi connectivity index (χ1n) is 6.09. The fourth-order valence-electron chi connectivity index (χ4n) is 1.59. The Morgan fingerprint density at radius 1 is 1.29 bits per heavy atom. The standard InChI is InChI=1S/C13H16N2O6/c1-15(8-3-2-4-9(16)7-8)13(21)14-10(12(19)20)5-6-11(17)18/h2-4,7,10,16H,5-6H2,1H3,(H,14,21)(H,17,18)(H,19,20)/t10-/m0/s1. The summed E-state index contributed by atoms with van der Waals surface area (Å²) in [5.41, 5.74) is 0.370. The second-order valence-electron chi connectivity index (χ2n) is 4.35. The van der Waals surface area contributed by atoms with Crippen LogP contribution in [0.5, 0.6) is 5.75 Å². The molecule has 114 valence electrons. The average molecular weight is 296 g/mol. The highest BCUT2D eigenvalue weighted by Crippen LogP contribution is 2.18. The Labute approximate surface area is 120 Å². The first-order valence-corrected chi connectivity index (χ1v) is 6.09. The fraction of sp³-hybridized carbons (Fsp3) is 0.308. The minimum absolute atomic E-state index is 0.0344. The molecule has 0 aromatic heterocycles. The summed E-state index contributed by atoms with van der Waals surface area (Å²) in [6.45, 7) is 0. The van der Waals surface area contributed by atoms with Gasteiger partial charge in [0, 0.05) is 25.2 Å². The lowest BCUT2D eigenvalue weighted by molar-refractivity contribution is -0.140. The zero-order valence-corrected chi connectivity index (χ0v) is 11.3. The minimum Gasteiger partial charge on any atom is -0.508 e. The van der Waals surface area contributed by atoms with Crippen molar-refractivity contribution in [1.29, 1.82) is 0 Å². The maximum absolute atomic E-state index is 11.9. The number of phenols is 1. The van der Waals surface area contributed by atoms with Crippen LogP contribution in [0.2, 0.25) is 0 Å². The van der Waals surface area contributed by atoms with Gasteiger partial charge in [-0.25, -0.2) is 9.59 Å². The van der Waals surface area contributed by atoms with Gasteiger partial charge in [-0.15, -0.1) is 0 Å². The highest BCUT2D eigenvalue weighted by Gasteiger charge is 2.23. The number of rotatable bonds is 6. The maximum Gasteiger partial charge on any atom is 0.326 e. The highest BCUT2D eigenvalue weighted by molar-refractivity contribution is 5.94. The topological polar surface area (TPSA) is 127 Å². The highest BCUT2D eigenvalue weighted by atomic mass is 16.4. The van der Waals surface area contributed by atoms with Crippen LogP contribution in [0.4, 0.5) is 10.5 Å². The number of hydrogen-bond donors (Lipinski definition) is 4. The van der Waals surface area contributed by atoms with E-state index in [0.29, 0.717) is 5.69 Å². The number of carboxylic acids is 2. The molecule has 0 saturated carbocycles. The van der Waals surface area contributed by atoms with Crippen molar-refractivity contribution in [1.82, 2.24) is 5.32 Å². The van der Waals surface area contributed by atoms with Gasteiger partial charge in [-0.1, -0.05) is 6.07 Å². The Morgan fingerprint density at radius 2 is 1.95 bits per heavy atom. The van der Waals surface area contributed by atoms with E-state index in [1.807, 2.05) is 0 Å². The number of benzene rings is 1. The summed E-state index contributed by atoms with van der Waals surface area (Å²) in [6.07, 6.45) is -0.586. The maximum atomic E-state index is 11.9. The lowest BCUT2D eigenvalue weighted by Gasteiger charge is -2.21. The number of hydrogen-bond acceptors (Lipinski definition) is 4. The van der Waals surface area contributed by atoms with Crippen LogP contribution in [0.25, 0.3) is 0 Å². The number of urea groups is 1. The van der Waals surface area contributed by atoms with Gasteiger partial charge < -0.3 is 20.6 Å². The second-order valence-corrected chi connectivity index (χ2v) is 4.35. The largest absolute Gasteiger partial charge is 0.508 e. The van der Waals surface area contributed by atoms with Crippen LogP contribution < -0.4 is 10.2 Å². The number of carbonyl (C=O) groups excluding carboxylic acids is 1. The van der Waals surface area contributed by atoms with Crippen molar-refractivity contribution in [3.63, 3.8) is 0 Å². The van der Waals surface area contributed by atoms with Gasteiger partial charge in [-0.05, 0) is 18.6 Å². The molecule has 4 N–H and O–H groups in total. The Hall–Kier alpha value is -2.77. The van der Waals surface area contributed by atoms with Crippen molar-refractivity contribution in [2.75, 3.05) is 11.9 Å². The smallest absolute Gasteiger partial charge is 0.326 e. The molecule has 0 saturated heterocycles. The Morgan fingerprint density at radius 3 is 2.48 bits per heavy atom. The molecular weight excluding hydrogens is 280 g/mol. The van der Waals surface area contributed by atoms with E-state index >= 15 is 0 Å². The number of aliphatic carboxylic acids is 2. The third kappa shape index (κ3) is 5.01. The summed E-state index contributed by atoms with van der Waals surface area (Å²) in [5.74, 6) is -2.49. The lowest BCUT2D eigenvalue weighted by atomic mass is 10.1. The minimum atomic E-state index is -1.31. The number of amides is 2. The third-order valence-corrected chi connectivity index (χ3v) is 2.76. The van der Waals surface area contributed by atoms with Crippen molar-refractivity contribution in [3.05, 3.63) is 24.3 Å². The van der Waals surface area contributed by atoms with Crippen LogP contribution in [-0.4, -0.2) is 46.4 Å². The molecule has 0 heterocycles. The van der Waals surface area contributed by atoms with Crippen molar-refractivity contribution >= 4 is 23.7 Å². The first kappa shape index (κ1) is 16.3. The zero-order chi connectivity index (χ0) is 16.0. The molecule has 2 amide bonds. The van der Waals surface area contributed by atoms with Gasteiger partial charge in [0.2, 0.25) is 0 Å². The van der Waals surface area contributed by atoms with Crippen molar-refractivity contribution in [3.8, 4) is 5.75 Å². The predicted octanol–water partition coefficient (Wildman–Crippen LogP) is 0.856. The first-order chi connectivity index (χ1) is 9.81. The van der Waals surface area contributed by atoms with Gasteiger partial charge in [-0.2, -0.15) is 0 Å². The van der Waals surface area contributed by atoms with Gasteiger partial charge in [0.15, 0.2) is 0 Å². The SMILES string of the molecule is CN(C(=O)N[C@@H](CCC(=O)O)C(=O)O)c1cccc(O)c1. The monoisotopic (exact) mass is 296 g/mol. The molecule has 0 aliphatic carbocycles. The van der Waals surface area contributed by atoms with Gasteiger partial charge in [0.25, 0.3) is 0 Å². The van der Waals surface area contributed by atoms with Crippen LogP contribution in [0, 0.1) is 0 Å². The summed E-state index contributed by atoms with van der Waals surface area (Å²) >= 11 is 0. The van der Waals surface area contributed by atoms with Crippen LogP contribution in [0.3, 0.4) is 0 Å². The normalized spacial score (nSPS) is 11.5. The summed E-state index contributed by atoms with van der Waals surface area (Å²) in [5, 5.41) is 29.1. The van der Waals surface area contributed by atoms with Crippen LogP contribution >= 0.6 is 0 Å². The van der Waals surface area contributed by atoms with Crippen LogP contribution in [0.15, 0.2) is 24.3 Å². The number of nitrogens with one attached hydrogen (secondary N) is 1. The predicted molar refractivity (Wildman–Crippen MR) is 73.3 cm³/mol. The molecule has 0 radical (unpaired) electrons. The average Bonchev–Trinajstić information content (AvgIpc) is 2.41. The van der Waals surface area contributed by atoms with E-state index in [4.69, 9.17) is 10.2 Å². The molecule has 0 spiro atoms. The number of carboxylic acid groups (broad SMARTS) is 2. The molecule has 1 aromatic rings. The van der Waals surface area contributed by atoms with E-state index in [2.05, 4.69) is 5.32 Å². The Kier molecular flexibility index (Phi) is 5.53. The van der Waals surface area contributed by atoms with Gasteiger partial charge >= 0.3 is 18.0 Å². The number of anilines is 1. The van der Waals surface area contributed by atoms with E-state index in [0.717, 1.165) is 4.90 Å². The van der Waals surface area contributed by atoms with E-state index < -0.39 is 24.0 Å². The summed E-state index contributed by atoms with van der Waals surface area (Å²) in [6, 6.07) is 3.86. The van der Waals surface area contributed by atoms with Crippen LogP contribution in [-0.2, 0) is 9.59 Å². The van der Waals surface area contributed by atoms with Crippen molar-refractivity contribution < 1.29 is 29.7 Å². The Bertz CT molecular complexity index is 545. The van der Waals surface area contributed by atoms with Crippen molar-refractivity contribution in [2.24, 2.45) is 0 Å². The number of carbonyl (C=O) groups is 3. The molecular formula is C13H16N2O6. The lowest BCUT2D eigenvalue weighted by Crippen LogP contribution is -2.47. The number of nitrogens with zero attached hydrogens (tertiary/aromatic N) is 1. The molecule has 1 rings (SSSR count). The van der Waals surface area contributed by atoms with Gasteiger partial charge in [-0.3, -0.25) is 9.69 Å². The summed E-state index contributed by atoms with van der Waals surface area (Å²) < 4.78 is 0. The number of aromatic hydroxyl groups is 1. The van der Waals surface area contributed by atoms with Crippen molar-refractivity contribution in [2.45, 2.75) is 18.9 Å². The van der Waals surface area contributed by atoms with Crippen LogP contribution in [0.1, 0.15) is 12.8 Å². The zero-order valence-electron chi connectivity index (χ0n) is 11.3. The molecule has 0 unspecified atom stereocenters. The van der Waals surface area contributed by atoms with E-state index in [1.54, 1.807) is 6.07 Å². The fourth-order valence-corrected chi connectivity index (χ4v) is 1.59. The van der Waals surface area contributed by atoms with Gasteiger partial charge in [0.05, 0.1) is 0 Å². The molecule has 1 atom stereocenters. The third-order valence-electron chi connectivity index (χ3n) is 2.76. The van der Waals surface area contributed by atoms with Gasteiger partial charge in [0.1, 0.15) is 11.8 Å². The van der Waals surface area contributed by atoms with E-state index in [1.165, 1.54) is 25.2 Å². The molecule has 0 bridgehead atoms.